The molecule has 11 rings (SSSR count). The Balaban J connectivity index is 0.922. The molecule has 0 amide bonds. The number of benzene rings is 8. The predicted octanol–water partition coefficient (Wildman–Crippen LogP) is 12.5. The second-order valence-corrected chi connectivity index (χ2v) is 16.7. The zero-order valence-corrected chi connectivity index (χ0v) is 30.5. The van der Waals surface area contributed by atoms with Gasteiger partial charge in [0.05, 0.1) is 31.9 Å². The van der Waals surface area contributed by atoms with Gasteiger partial charge < -0.3 is 9.13 Å². The van der Waals surface area contributed by atoms with Crippen molar-refractivity contribution in [2.24, 2.45) is 0 Å². The number of hydrogen-bond donors (Lipinski definition) is 0. The molecule has 0 saturated heterocycles. The van der Waals surface area contributed by atoms with Crippen LogP contribution in [0.1, 0.15) is 0 Å². The van der Waals surface area contributed by atoms with Crippen molar-refractivity contribution in [3.8, 4) is 33.6 Å². The molecule has 4 nitrogen and oxygen atoms in total. The smallest absolute Gasteiger partial charge is 0.208 e. The molecule has 0 unspecified atom stereocenters. The van der Waals surface area contributed by atoms with E-state index in [1.54, 1.807) is 12.1 Å². The summed E-state index contributed by atoms with van der Waals surface area (Å²) >= 11 is 1.52. The van der Waals surface area contributed by atoms with Crippen LogP contribution in [0.3, 0.4) is 0 Å². The highest BCUT2D eigenvalue weighted by molar-refractivity contribution is 8.02. The minimum absolute atomic E-state index is 0.355. The van der Waals surface area contributed by atoms with Gasteiger partial charge in [-0.2, -0.15) is 0 Å². The summed E-state index contributed by atoms with van der Waals surface area (Å²) in [6.45, 7) is 0. The molecule has 0 atom stereocenters. The van der Waals surface area contributed by atoms with E-state index in [0.29, 0.717) is 9.79 Å². The third kappa shape index (κ3) is 4.67. The zero-order valence-electron chi connectivity index (χ0n) is 28.8. The molecule has 3 heterocycles. The molecule has 0 radical (unpaired) electrons. The standard InChI is InChI=1S/C48H30N2O2S2/c51-54(52)47-27-21-33(31-17-23-35(24-18-31)49-41-13-5-1-9-37(41)38-10-2-6-14-42(38)49)29-45(47)53-46-30-34(22-28-48(46)54)32-19-25-36(26-20-32)50-43-15-7-3-11-39(43)40-12-4-8-16-44(40)50/h1-30H. The molecule has 6 heteroatoms. The van der Waals surface area contributed by atoms with Gasteiger partial charge in [-0.05, 0) is 95.1 Å². The molecular weight excluding hydrogens is 701 g/mol. The zero-order chi connectivity index (χ0) is 36.0. The number of sulfone groups is 1. The first-order chi connectivity index (χ1) is 26.5. The normalized spacial score (nSPS) is 13.4. The van der Waals surface area contributed by atoms with E-state index in [1.165, 1.54) is 55.4 Å². The summed E-state index contributed by atoms with van der Waals surface area (Å²) in [6.07, 6.45) is 0. The number of para-hydroxylation sites is 4. The molecular formula is C48H30N2O2S2. The summed E-state index contributed by atoms with van der Waals surface area (Å²) in [6, 6.07) is 62.5. The van der Waals surface area contributed by atoms with E-state index in [2.05, 4.69) is 155 Å². The Morgan fingerprint density at radius 1 is 0.352 bits per heavy atom. The van der Waals surface area contributed by atoms with Crippen molar-refractivity contribution in [1.29, 1.82) is 0 Å². The topological polar surface area (TPSA) is 44.0 Å². The maximum absolute atomic E-state index is 14.0. The van der Waals surface area contributed by atoms with Gasteiger partial charge in [0.2, 0.25) is 9.84 Å². The molecule has 2 aromatic heterocycles. The van der Waals surface area contributed by atoms with E-state index < -0.39 is 9.84 Å². The summed E-state index contributed by atoms with van der Waals surface area (Å²) in [5, 5.41) is 4.91. The van der Waals surface area contributed by atoms with Crippen LogP contribution in [0, 0.1) is 0 Å². The summed E-state index contributed by atoms with van der Waals surface area (Å²) in [5.74, 6) is 0. The SMILES string of the molecule is O=S1(=O)c2ccc(-c3ccc(-n4c5ccccc5c5ccccc54)cc3)cc2Sc2cc(-c3ccc(-n4c5ccccc5c5ccccc54)cc3)ccc21. The van der Waals surface area contributed by atoms with Gasteiger partial charge in [-0.15, -0.1) is 0 Å². The van der Waals surface area contributed by atoms with E-state index >= 15 is 0 Å². The molecule has 10 aromatic rings. The maximum atomic E-state index is 14.0. The first-order valence-corrected chi connectivity index (χ1v) is 20.2. The second-order valence-electron chi connectivity index (χ2n) is 13.8. The molecule has 0 spiro atoms. The Labute approximate surface area is 316 Å². The molecule has 54 heavy (non-hydrogen) atoms. The van der Waals surface area contributed by atoms with Crippen molar-refractivity contribution < 1.29 is 8.42 Å². The Morgan fingerprint density at radius 2 is 0.667 bits per heavy atom. The summed E-state index contributed by atoms with van der Waals surface area (Å²) in [5.41, 5.74) is 10.8. The lowest BCUT2D eigenvalue weighted by atomic mass is 10.1. The van der Waals surface area contributed by atoms with Gasteiger partial charge in [-0.3, -0.25) is 0 Å². The van der Waals surface area contributed by atoms with Gasteiger partial charge in [0, 0.05) is 42.7 Å². The fraction of sp³-hybridized carbons (Fsp3) is 0. The molecule has 0 saturated carbocycles. The average Bonchev–Trinajstić information content (AvgIpc) is 3.74. The maximum Gasteiger partial charge on any atom is 0.208 e. The second kappa shape index (κ2) is 11.8. The minimum Gasteiger partial charge on any atom is -0.309 e. The molecule has 8 aromatic carbocycles. The molecule has 0 bridgehead atoms. The van der Waals surface area contributed by atoms with Crippen LogP contribution in [0.15, 0.2) is 202 Å². The van der Waals surface area contributed by atoms with Crippen molar-refractivity contribution in [1.82, 2.24) is 9.13 Å². The van der Waals surface area contributed by atoms with E-state index in [0.717, 1.165) is 43.4 Å². The molecule has 1 aliphatic rings. The lowest BCUT2D eigenvalue weighted by Crippen LogP contribution is -2.09. The lowest BCUT2D eigenvalue weighted by molar-refractivity contribution is 0.591. The third-order valence-corrected chi connectivity index (χ3v) is 14.0. The fourth-order valence-electron chi connectivity index (χ4n) is 8.22. The van der Waals surface area contributed by atoms with Crippen LogP contribution in [0.4, 0.5) is 0 Å². The van der Waals surface area contributed by atoms with Crippen LogP contribution < -0.4 is 0 Å². The predicted molar refractivity (Wildman–Crippen MR) is 222 cm³/mol. The van der Waals surface area contributed by atoms with Crippen molar-refractivity contribution in [3.05, 3.63) is 182 Å². The van der Waals surface area contributed by atoms with Gasteiger partial charge in [-0.25, -0.2) is 8.42 Å². The minimum atomic E-state index is -3.68. The monoisotopic (exact) mass is 730 g/mol. The van der Waals surface area contributed by atoms with E-state index in [1.807, 2.05) is 24.3 Å². The number of hydrogen-bond acceptors (Lipinski definition) is 3. The quantitative estimate of drug-likeness (QED) is 0.181. The van der Waals surface area contributed by atoms with Crippen LogP contribution >= 0.6 is 11.8 Å². The highest BCUT2D eigenvalue weighted by Crippen LogP contribution is 2.47. The van der Waals surface area contributed by atoms with Crippen LogP contribution in [0.25, 0.3) is 77.2 Å². The van der Waals surface area contributed by atoms with Gasteiger partial charge in [-0.1, -0.05) is 121 Å². The van der Waals surface area contributed by atoms with Crippen molar-refractivity contribution >= 4 is 65.2 Å². The first-order valence-electron chi connectivity index (χ1n) is 17.9. The average molecular weight is 731 g/mol. The van der Waals surface area contributed by atoms with Crippen LogP contribution in [-0.2, 0) is 9.84 Å². The van der Waals surface area contributed by atoms with Crippen LogP contribution in [0.2, 0.25) is 0 Å². The van der Waals surface area contributed by atoms with Crippen molar-refractivity contribution in [3.63, 3.8) is 0 Å². The summed E-state index contributed by atoms with van der Waals surface area (Å²) in [4.78, 5) is 2.19. The lowest BCUT2D eigenvalue weighted by Gasteiger charge is -2.21. The van der Waals surface area contributed by atoms with Crippen molar-refractivity contribution in [2.45, 2.75) is 19.6 Å². The number of aromatic nitrogens is 2. The van der Waals surface area contributed by atoms with Gasteiger partial charge in [0.15, 0.2) is 0 Å². The van der Waals surface area contributed by atoms with E-state index in [9.17, 15) is 8.42 Å². The Kier molecular flexibility index (Phi) is 6.84. The molecule has 0 N–H and O–H groups in total. The number of rotatable bonds is 4. The summed E-state index contributed by atoms with van der Waals surface area (Å²) < 4.78 is 32.5. The van der Waals surface area contributed by atoms with Crippen LogP contribution in [-0.4, -0.2) is 17.6 Å². The molecule has 256 valence electrons. The first kappa shape index (κ1) is 31.2. The molecule has 0 aliphatic carbocycles. The number of fused-ring (bicyclic) bond motifs is 8. The Bertz CT molecular complexity index is 2930. The van der Waals surface area contributed by atoms with E-state index in [-0.39, 0.29) is 0 Å². The van der Waals surface area contributed by atoms with Crippen LogP contribution in [0.5, 0.6) is 0 Å². The third-order valence-electron chi connectivity index (χ3n) is 10.8. The largest absolute Gasteiger partial charge is 0.309 e. The van der Waals surface area contributed by atoms with Gasteiger partial charge in [0.1, 0.15) is 0 Å². The Hall–Kier alpha value is -6.34. The van der Waals surface area contributed by atoms with Gasteiger partial charge in [0.25, 0.3) is 0 Å². The van der Waals surface area contributed by atoms with E-state index in [4.69, 9.17) is 0 Å². The number of nitrogens with zero attached hydrogens (tertiary/aromatic N) is 2. The fourth-order valence-corrected chi connectivity index (χ4v) is 11.5. The highest BCUT2D eigenvalue weighted by Gasteiger charge is 2.31. The van der Waals surface area contributed by atoms with Crippen molar-refractivity contribution in [2.75, 3.05) is 0 Å². The summed E-state index contributed by atoms with van der Waals surface area (Å²) in [7, 11) is -3.68. The Morgan fingerprint density at radius 3 is 1.02 bits per heavy atom. The van der Waals surface area contributed by atoms with Gasteiger partial charge >= 0.3 is 0 Å². The molecule has 1 aliphatic heterocycles. The molecule has 0 fully saturated rings. The highest BCUT2D eigenvalue weighted by atomic mass is 32.2.